The zero-order valence-corrected chi connectivity index (χ0v) is 18.8. The Labute approximate surface area is 182 Å². The molecule has 31 heavy (non-hydrogen) atoms. The molecule has 0 saturated heterocycles. The van der Waals surface area contributed by atoms with Crippen LogP contribution < -0.4 is 5.32 Å². The highest BCUT2D eigenvalue weighted by atomic mass is 16.5. The van der Waals surface area contributed by atoms with E-state index in [4.69, 9.17) is 9.47 Å². The highest BCUT2D eigenvalue weighted by Gasteiger charge is 2.27. The molecule has 2 unspecified atom stereocenters. The monoisotopic (exact) mass is 433 g/mol. The van der Waals surface area contributed by atoms with E-state index in [2.05, 4.69) is 15.5 Å². The number of hydrogen-bond donors (Lipinski definition) is 2. The number of carbonyl (C=O) groups is 3. The van der Waals surface area contributed by atoms with Gasteiger partial charge in [0.25, 0.3) is 5.91 Å². The van der Waals surface area contributed by atoms with E-state index in [-0.39, 0.29) is 29.9 Å². The van der Waals surface area contributed by atoms with Crippen LogP contribution in [0.25, 0.3) is 0 Å². The fraction of sp³-hybridized carbons (Fsp3) is 0.500. The summed E-state index contributed by atoms with van der Waals surface area (Å²) in [6, 6.07) is 5.33. The molecule has 1 amide bonds. The van der Waals surface area contributed by atoms with Crippen LogP contribution in [-0.4, -0.2) is 42.7 Å². The molecule has 0 aliphatic heterocycles. The number of amides is 1. The van der Waals surface area contributed by atoms with Crippen molar-refractivity contribution >= 4 is 23.5 Å². The van der Waals surface area contributed by atoms with E-state index in [0.717, 1.165) is 0 Å². The lowest BCUT2D eigenvalue weighted by atomic mass is 9.99. The van der Waals surface area contributed by atoms with Crippen molar-refractivity contribution in [2.24, 2.45) is 22.1 Å². The summed E-state index contributed by atoms with van der Waals surface area (Å²) in [5, 5.41) is 20.1. The number of hydrogen-bond acceptors (Lipinski definition) is 8. The molecule has 0 saturated carbocycles. The predicted octanol–water partition coefficient (Wildman–Crippen LogP) is 4.08. The van der Waals surface area contributed by atoms with Crippen LogP contribution in [0.3, 0.4) is 0 Å². The normalized spacial score (nSPS) is 14.0. The van der Waals surface area contributed by atoms with Crippen LogP contribution in [-0.2, 0) is 19.1 Å². The average molecular weight is 434 g/mol. The highest BCUT2D eigenvalue weighted by molar-refractivity contribution is 5.97. The number of benzene rings is 1. The van der Waals surface area contributed by atoms with Crippen molar-refractivity contribution in [1.82, 2.24) is 5.32 Å². The molecule has 2 N–H and O–H groups in total. The lowest BCUT2D eigenvalue weighted by Crippen LogP contribution is -2.45. The maximum atomic E-state index is 12.5. The van der Waals surface area contributed by atoms with E-state index in [9.17, 15) is 19.5 Å². The molecule has 1 aromatic carbocycles. The molecule has 1 aromatic rings. The Balaban J connectivity index is 2.90. The second-order valence-corrected chi connectivity index (χ2v) is 7.53. The van der Waals surface area contributed by atoms with Crippen LogP contribution >= 0.6 is 0 Å². The number of methoxy groups -OCH3 is 1. The highest BCUT2D eigenvalue weighted by Crippen LogP contribution is 2.18. The van der Waals surface area contributed by atoms with E-state index in [1.54, 1.807) is 0 Å². The zero-order chi connectivity index (χ0) is 23.6. The Morgan fingerprint density at radius 2 is 1.74 bits per heavy atom. The minimum Gasteiger partial charge on any atom is -0.510 e. The molecule has 0 spiro atoms. The zero-order valence-electron chi connectivity index (χ0n) is 18.8. The topological polar surface area (TPSA) is 127 Å². The number of allylic oxidation sites excluding steroid dienone is 1. The Hall–Kier alpha value is -3.23. The van der Waals surface area contributed by atoms with Crippen molar-refractivity contribution in [3.63, 3.8) is 0 Å². The van der Waals surface area contributed by atoms with Gasteiger partial charge >= 0.3 is 11.9 Å². The molecule has 0 aliphatic rings. The van der Waals surface area contributed by atoms with Crippen molar-refractivity contribution in [2.45, 2.75) is 47.1 Å². The molecule has 0 radical (unpaired) electrons. The average Bonchev–Trinajstić information content (AvgIpc) is 2.75. The Morgan fingerprint density at radius 3 is 2.23 bits per heavy atom. The summed E-state index contributed by atoms with van der Waals surface area (Å²) in [5.74, 6) is -1.97. The molecule has 9 heteroatoms. The van der Waals surface area contributed by atoms with Crippen molar-refractivity contribution in [3.8, 4) is 0 Å². The van der Waals surface area contributed by atoms with E-state index in [0.29, 0.717) is 17.7 Å². The molecular weight excluding hydrogens is 402 g/mol. The molecule has 2 atom stereocenters. The van der Waals surface area contributed by atoms with Gasteiger partial charge < -0.3 is 19.9 Å². The summed E-state index contributed by atoms with van der Waals surface area (Å²) in [5.41, 5.74) is 0.386. The summed E-state index contributed by atoms with van der Waals surface area (Å²) in [7, 11) is 1.28. The molecule has 0 heterocycles. The summed E-state index contributed by atoms with van der Waals surface area (Å²) in [6.07, 6.45) is 0.694. The van der Waals surface area contributed by atoms with Gasteiger partial charge in [0.2, 0.25) is 5.70 Å². The molecule has 0 fully saturated rings. The standard InChI is InChI=1S/C22H31N3O6/c1-7-14(4)18(21(28)30-6)23-20(27)16-8-10-17(11-9-16)24-25-19(15(5)26)22(29)31-12-13(2)3/h8-11,13-14,18,26H,7,12H2,1-6H3,(H,23,27)/b19-15-,25-24?. The van der Waals surface area contributed by atoms with Crippen LogP contribution in [0.2, 0.25) is 0 Å². The van der Waals surface area contributed by atoms with Crippen LogP contribution in [0.1, 0.15) is 51.4 Å². The van der Waals surface area contributed by atoms with Gasteiger partial charge in [0, 0.05) is 5.56 Å². The molecule has 0 aromatic heterocycles. The smallest absolute Gasteiger partial charge is 0.362 e. The quantitative estimate of drug-likeness (QED) is 0.248. The van der Waals surface area contributed by atoms with Gasteiger partial charge in [-0.15, -0.1) is 5.11 Å². The fourth-order valence-electron chi connectivity index (χ4n) is 2.38. The Kier molecular flexibility index (Phi) is 10.4. The Bertz CT molecular complexity index is 826. The number of esters is 2. The lowest BCUT2D eigenvalue weighted by molar-refractivity contribution is -0.144. The maximum Gasteiger partial charge on any atom is 0.362 e. The minimum absolute atomic E-state index is 0.0909. The molecular formula is C22H31N3O6. The first-order valence-electron chi connectivity index (χ1n) is 10.1. The van der Waals surface area contributed by atoms with Crippen molar-refractivity contribution < 1.29 is 29.0 Å². The van der Waals surface area contributed by atoms with Gasteiger partial charge in [-0.2, -0.15) is 5.11 Å². The van der Waals surface area contributed by atoms with Crippen molar-refractivity contribution in [2.75, 3.05) is 13.7 Å². The third kappa shape index (κ3) is 8.19. The van der Waals surface area contributed by atoms with Gasteiger partial charge in [0.1, 0.15) is 11.8 Å². The molecule has 1 rings (SSSR count). The van der Waals surface area contributed by atoms with Gasteiger partial charge in [-0.25, -0.2) is 9.59 Å². The SMILES string of the molecule is CCC(C)C(NC(=O)c1ccc(N=N/C(C(=O)OCC(C)C)=C(/C)O)cc1)C(=O)OC. The van der Waals surface area contributed by atoms with Gasteiger partial charge in [0.05, 0.1) is 19.4 Å². The first-order chi connectivity index (χ1) is 14.6. The number of aliphatic hydroxyl groups excluding tert-OH is 1. The fourth-order valence-corrected chi connectivity index (χ4v) is 2.38. The minimum atomic E-state index is -0.771. The van der Waals surface area contributed by atoms with Crippen LogP contribution in [0, 0.1) is 11.8 Å². The van der Waals surface area contributed by atoms with Crippen molar-refractivity contribution in [3.05, 3.63) is 41.3 Å². The molecule has 9 nitrogen and oxygen atoms in total. The lowest BCUT2D eigenvalue weighted by Gasteiger charge is -2.21. The second kappa shape index (κ2) is 12.5. The summed E-state index contributed by atoms with van der Waals surface area (Å²) in [4.78, 5) is 36.5. The number of carbonyl (C=O) groups excluding carboxylic acids is 3. The maximum absolute atomic E-state index is 12.5. The van der Waals surface area contributed by atoms with Crippen LogP contribution in [0.15, 0.2) is 46.0 Å². The van der Waals surface area contributed by atoms with Gasteiger partial charge in [-0.3, -0.25) is 4.79 Å². The summed E-state index contributed by atoms with van der Waals surface area (Å²) >= 11 is 0. The predicted molar refractivity (Wildman–Crippen MR) is 115 cm³/mol. The largest absolute Gasteiger partial charge is 0.510 e. The number of rotatable bonds is 10. The number of nitrogens with one attached hydrogen (secondary N) is 1. The first-order valence-corrected chi connectivity index (χ1v) is 10.1. The van der Waals surface area contributed by atoms with Gasteiger partial charge in [-0.1, -0.05) is 34.1 Å². The molecule has 170 valence electrons. The molecule has 0 bridgehead atoms. The van der Waals surface area contributed by atoms with E-state index in [1.807, 2.05) is 27.7 Å². The number of nitrogens with zero attached hydrogens (tertiary/aromatic N) is 2. The number of azo groups is 1. The Morgan fingerprint density at radius 1 is 1.13 bits per heavy atom. The van der Waals surface area contributed by atoms with Crippen molar-refractivity contribution in [1.29, 1.82) is 0 Å². The third-order valence-corrected chi connectivity index (χ3v) is 4.43. The number of ether oxygens (including phenoxy) is 2. The van der Waals surface area contributed by atoms with E-state index < -0.39 is 23.9 Å². The second-order valence-electron chi connectivity index (χ2n) is 7.53. The van der Waals surface area contributed by atoms with E-state index >= 15 is 0 Å². The summed E-state index contributed by atoms with van der Waals surface area (Å²) in [6.45, 7) is 9.05. The molecule has 0 aliphatic carbocycles. The van der Waals surface area contributed by atoms with Gasteiger partial charge in [0.15, 0.2) is 0 Å². The van der Waals surface area contributed by atoms with Crippen LogP contribution in [0.5, 0.6) is 0 Å². The number of aliphatic hydroxyl groups is 1. The third-order valence-electron chi connectivity index (χ3n) is 4.43. The van der Waals surface area contributed by atoms with Crippen LogP contribution in [0.4, 0.5) is 5.69 Å². The van der Waals surface area contributed by atoms with E-state index in [1.165, 1.54) is 38.3 Å². The summed E-state index contributed by atoms with van der Waals surface area (Å²) < 4.78 is 9.83. The van der Waals surface area contributed by atoms with Gasteiger partial charge in [-0.05, 0) is 43.0 Å². The first kappa shape index (κ1) is 25.8.